The van der Waals surface area contributed by atoms with Gasteiger partial charge in [0.05, 0.1) is 12.2 Å². The Hall–Kier alpha value is -1.62. The topological polar surface area (TPSA) is 73.7 Å². The molecule has 17 heavy (non-hydrogen) atoms. The number of nitrogens with zero attached hydrogens (tertiary/aromatic N) is 2. The third-order valence-electron chi connectivity index (χ3n) is 2.81. The fraction of sp³-hybridized carbons (Fsp3) is 0.500. The van der Waals surface area contributed by atoms with Crippen molar-refractivity contribution in [3.63, 3.8) is 0 Å². The second-order valence-corrected chi connectivity index (χ2v) is 4.31. The molecule has 1 heterocycles. The number of aromatic nitrogens is 1. The molecule has 1 aromatic heterocycles. The number of hydrogen-bond acceptors (Lipinski definition) is 4. The molecule has 0 aliphatic heterocycles. The maximum absolute atomic E-state index is 11.0. The quantitative estimate of drug-likeness (QED) is 0.799. The summed E-state index contributed by atoms with van der Waals surface area (Å²) in [5.41, 5.74) is 0.930. The van der Waals surface area contributed by atoms with Crippen molar-refractivity contribution < 1.29 is 15.0 Å². The van der Waals surface area contributed by atoms with Gasteiger partial charge in [0.25, 0.3) is 0 Å². The monoisotopic (exact) mass is 236 g/mol. The molecule has 2 rings (SSSR count). The minimum Gasteiger partial charge on any atom is -0.478 e. The molecule has 1 aliphatic rings. The average molecular weight is 236 g/mol. The summed E-state index contributed by atoms with van der Waals surface area (Å²) < 4.78 is 0. The van der Waals surface area contributed by atoms with Crippen LogP contribution in [0.5, 0.6) is 0 Å². The van der Waals surface area contributed by atoms with Gasteiger partial charge in [-0.05, 0) is 31.9 Å². The Morgan fingerprint density at radius 1 is 1.53 bits per heavy atom. The number of carboxylic acid groups (broad SMARTS) is 1. The van der Waals surface area contributed by atoms with Crippen molar-refractivity contribution in [2.24, 2.45) is 0 Å². The SMILES string of the molecule is Cc1cc(C(=O)O)cc(N(CCO)C2CC2)n1. The summed E-state index contributed by atoms with van der Waals surface area (Å²) in [4.78, 5) is 17.3. The third-order valence-corrected chi connectivity index (χ3v) is 2.81. The summed E-state index contributed by atoms with van der Waals surface area (Å²) in [5, 5.41) is 18.0. The van der Waals surface area contributed by atoms with E-state index >= 15 is 0 Å². The van der Waals surface area contributed by atoms with Gasteiger partial charge < -0.3 is 15.1 Å². The van der Waals surface area contributed by atoms with Gasteiger partial charge in [0.2, 0.25) is 0 Å². The Morgan fingerprint density at radius 3 is 2.76 bits per heavy atom. The Kier molecular flexibility index (Phi) is 3.28. The van der Waals surface area contributed by atoms with Crippen LogP contribution in [0.2, 0.25) is 0 Å². The van der Waals surface area contributed by atoms with Crippen molar-refractivity contribution in [1.29, 1.82) is 0 Å². The fourth-order valence-corrected chi connectivity index (χ4v) is 1.90. The van der Waals surface area contributed by atoms with Crippen LogP contribution in [0.4, 0.5) is 5.82 Å². The van der Waals surface area contributed by atoms with E-state index in [2.05, 4.69) is 4.98 Å². The minimum absolute atomic E-state index is 0.0501. The van der Waals surface area contributed by atoms with E-state index in [0.717, 1.165) is 12.8 Å². The van der Waals surface area contributed by atoms with Gasteiger partial charge in [0.15, 0.2) is 0 Å². The first-order valence-electron chi connectivity index (χ1n) is 5.71. The van der Waals surface area contributed by atoms with E-state index in [0.29, 0.717) is 24.1 Å². The van der Waals surface area contributed by atoms with Crippen LogP contribution in [0.3, 0.4) is 0 Å². The van der Waals surface area contributed by atoms with Crippen LogP contribution < -0.4 is 4.90 Å². The van der Waals surface area contributed by atoms with Gasteiger partial charge in [0.1, 0.15) is 5.82 Å². The van der Waals surface area contributed by atoms with Crippen LogP contribution in [-0.4, -0.2) is 40.4 Å². The zero-order valence-corrected chi connectivity index (χ0v) is 9.76. The number of pyridine rings is 1. The molecule has 1 aromatic rings. The number of carbonyl (C=O) groups is 1. The number of anilines is 1. The third kappa shape index (κ3) is 2.74. The van der Waals surface area contributed by atoms with E-state index in [1.807, 2.05) is 4.90 Å². The van der Waals surface area contributed by atoms with Gasteiger partial charge in [-0.3, -0.25) is 0 Å². The standard InChI is InChI=1S/C12H16N2O3/c1-8-6-9(12(16)17)7-11(13-8)14(4-5-15)10-2-3-10/h6-7,10,15H,2-5H2,1H3,(H,16,17). The van der Waals surface area contributed by atoms with Gasteiger partial charge in [0, 0.05) is 18.3 Å². The first kappa shape index (κ1) is 11.9. The molecular formula is C12H16N2O3. The Labute approximate surface area is 99.7 Å². The molecule has 0 atom stereocenters. The zero-order chi connectivity index (χ0) is 12.4. The number of carboxylic acids is 1. The molecule has 0 radical (unpaired) electrons. The van der Waals surface area contributed by atoms with E-state index in [1.54, 1.807) is 19.1 Å². The van der Waals surface area contributed by atoms with E-state index in [-0.39, 0.29) is 12.2 Å². The summed E-state index contributed by atoms with van der Waals surface area (Å²) >= 11 is 0. The first-order valence-corrected chi connectivity index (χ1v) is 5.71. The maximum atomic E-state index is 11.0. The molecule has 0 bridgehead atoms. The van der Waals surface area contributed by atoms with Crippen LogP contribution in [0.25, 0.3) is 0 Å². The summed E-state index contributed by atoms with van der Waals surface area (Å²) in [5.74, 6) is -0.296. The van der Waals surface area contributed by atoms with Crippen LogP contribution in [0, 0.1) is 6.92 Å². The number of aliphatic hydroxyl groups is 1. The van der Waals surface area contributed by atoms with Crippen molar-refractivity contribution in [3.05, 3.63) is 23.4 Å². The lowest BCUT2D eigenvalue weighted by molar-refractivity contribution is 0.0696. The van der Waals surface area contributed by atoms with Crippen molar-refractivity contribution in [3.8, 4) is 0 Å². The van der Waals surface area contributed by atoms with E-state index in [9.17, 15) is 4.79 Å². The van der Waals surface area contributed by atoms with Gasteiger partial charge in [-0.1, -0.05) is 0 Å². The van der Waals surface area contributed by atoms with Crippen LogP contribution >= 0.6 is 0 Å². The van der Waals surface area contributed by atoms with Crippen LogP contribution in [0.15, 0.2) is 12.1 Å². The number of hydrogen-bond donors (Lipinski definition) is 2. The summed E-state index contributed by atoms with van der Waals surface area (Å²) in [6.45, 7) is 2.33. The number of aliphatic hydroxyl groups excluding tert-OH is 1. The Morgan fingerprint density at radius 2 is 2.24 bits per heavy atom. The first-order chi connectivity index (χ1) is 8.11. The smallest absolute Gasteiger partial charge is 0.335 e. The largest absolute Gasteiger partial charge is 0.478 e. The summed E-state index contributed by atoms with van der Waals surface area (Å²) in [7, 11) is 0. The molecule has 92 valence electrons. The molecule has 1 aliphatic carbocycles. The molecule has 2 N–H and O–H groups in total. The van der Waals surface area contributed by atoms with Crippen molar-refractivity contribution in [2.45, 2.75) is 25.8 Å². The van der Waals surface area contributed by atoms with Gasteiger partial charge >= 0.3 is 5.97 Å². The highest BCUT2D eigenvalue weighted by Gasteiger charge is 2.30. The zero-order valence-electron chi connectivity index (χ0n) is 9.76. The van der Waals surface area contributed by atoms with Gasteiger partial charge in [-0.2, -0.15) is 0 Å². The van der Waals surface area contributed by atoms with Gasteiger partial charge in [-0.25, -0.2) is 9.78 Å². The van der Waals surface area contributed by atoms with Crippen molar-refractivity contribution >= 4 is 11.8 Å². The highest BCUT2D eigenvalue weighted by molar-refractivity contribution is 5.88. The lowest BCUT2D eigenvalue weighted by Crippen LogP contribution is -2.30. The lowest BCUT2D eigenvalue weighted by Gasteiger charge is -2.23. The predicted molar refractivity (Wildman–Crippen MR) is 63.4 cm³/mol. The second-order valence-electron chi connectivity index (χ2n) is 4.31. The molecule has 0 saturated heterocycles. The number of aryl methyl sites for hydroxylation is 1. The predicted octanol–water partition coefficient (Wildman–Crippen LogP) is 1.05. The molecule has 1 fully saturated rings. The molecule has 0 aromatic carbocycles. The van der Waals surface area contributed by atoms with Gasteiger partial charge in [-0.15, -0.1) is 0 Å². The van der Waals surface area contributed by atoms with Crippen LogP contribution in [0.1, 0.15) is 28.9 Å². The summed E-state index contributed by atoms with van der Waals surface area (Å²) in [6.07, 6.45) is 2.16. The molecule has 5 heteroatoms. The second kappa shape index (κ2) is 4.71. The van der Waals surface area contributed by atoms with E-state index < -0.39 is 5.97 Å². The van der Waals surface area contributed by atoms with Crippen molar-refractivity contribution in [1.82, 2.24) is 4.98 Å². The molecule has 5 nitrogen and oxygen atoms in total. The Bertz CT molecular complexity index is 430. The Balaban J connectivity index is 2.31. The average Bonchev–Trinajstić information content (AvgIpc) is 3.08. The van der Waals surface area contributed by atoms with Crippen molar-refractivity contribution in [2.75, 3.05) is 18.1 Å². The molecular weight excluding hydrogens is 220 g/mol. The summed E-state index contributed by atoms with van der Waals surface area (Å²) in [6, 6.07) is 3.53. The molecule has 1 saturated carbocycles. The highest BCUT2D eigenvalue weighted by atomic mass is 16.4. The maximum Gasteiger partial charge on any atom is 0.335 e. The van der Waals surface area contributed by atoms with E-state index in [1.165, 1.54) is 0 Å². The highest BCUT2D eigenvalue weighted by Crippen LogP contribution is 2.30. The minimum atomic E-state index is -0.948. The molecule has 0 spiro atoms. The van der Waals surface area contributed by atoms with E-state index in [4.69, 9.17) is 10.2 Å². The van der Waals surface area contributed by atoms with Crippen LogP contribution in [-0.2, 0) is 0 Å². The fourth-order valence-electron chi connectivity index (χ4n) is 1.90. The number of rotatable bonds is 5. The normalized spacial score (nSPS) is 14.7. The lowest BCUT2D eigenvalue weighted by atomic mass is 10.2. The number of aromatic carboxylic acids is 1. The molecule has 0 amide bonds. The molecule has 0 unspecified atom stereocenters.